The van der Waals surface area contributed by atoms with Crippen LogP contribution in [-0.4, -0.2) is 26.7 Å². The normalized spacial score (nSPS) is 12.9. The molecule has 1 fully saturated rings. The zero-order chi connectivity index (χ0) is 23.2. The fraction of sp³-hybridized carbons (Fsp3) is 0.296. The van der Waals surface area contributed by atoms with E-state index in [1.807, 2.05) is 42.5 Å². The van der Waals surface area contributed by atoms with Crippen molar-refractivity contribution in [3.63, 3.8) is 0 Å². The van der Waals surface area contributed by atoms with Gasteiger partial charge in [0.15, 0.2) is 11.6 Å². The minimum Gasteiger partial charge on any atom is -0.494 e. The predicted octanol–water partition coefficient (Wildman–Crippen LogP) is 5.37. The standard InChI is InChI=1S/C27H28FNO4/c1-31-17-21-5-3-4-6-22(21)20-10-12-25(33-16-18-7-8-18)23(14-20)27(30)29-15-19-9-11-26(32-2)24(28)13-19/h3-6,9-14,18H,7-8,15-17H2,1-2H3,(H,29,30). The fourth-order valence-corrected chi connectivity index (χ4v) is 3.67. The Morgan fingerprint density at radius 2 is 1.82 bits per heavy atom. The molecule has 172 valence electrons. The maximum Gasteiger partial charge on any atom is 0.255 e. The van der Waals surface area contributed by atoms with Gasteiger partial charge in [-0.3, -0.25) is 4.79 Å². The third-order valence-electron chi connectivity index (χ3n) is 5.69. The summed E-state index contributed by atoms with van der Waals surface area (Å²) < 4.78 is 30.3. The van der Waals surface area contributed by atoms with Crippen molar-refractivity contribution >= 4 is 5.91 Å². The van der Waals surface area contributed by atoms with Crippen LogP contribution in [0.1, 0.15) is 34.3 Å². The van der Waals surface area contributed by atoms with Gasteiger partial charge in [0.1, 0.15) is 5.75 Å². The molecule has 3 aromatic rings. The molecule has 6 heteroatoms. The van der Waals surface area contributed by atoms with Gasteiger partial charge in [-0.05, 0) is 65.3 Å². The number of amides is 1. The molecule has 1 aliphatic rings. The Morgan fingerprint density at radius 3 is 2.55 bits per heavy atom. The highest BCUT2D eigenvalue weighted by Gasteiger charge is 2.23. The lowest BCUT2D eigenvalue weighted by Gasteiger charge is -2.15. The van der Waals surface area contributed by atoms with Crippen LogP contribution in [0.5, 0.6) is 11.5 Å². The van der Waals surface area contributed by atoms with Gasteiger partial charge < -0.3 is 19.5 Å². The highest BCUT2D eigenvalue weighted by molar-refractivity contribution is 5.98. The molecular weight excluding hydrogens is 421 g/mol. The summed E-state index contributed by atoms with van der Waals surface area (Å²) in [6.45, 7) is 1.26. The zero-order valence-electron chi connectivity index (χ0n) is 18.9. The smallest absolute Gasteiger partial charge is 0.255 e. The van der Waals surface area contributed by atoms with E-state index in [2.05, 4.69) is 5.32 Å². The topological polar surface area (TPSA) is 56.8 Å². The van der Waals surface area contributed by atoms with E-state index in [0.29, 0.717) is 36.0 Å². The van der Waals surface area contributed by atoms with E-state index in [1.54, 1.807) is 19.2 Å². The fourth-order valence-electron chi connectivity index (χ4n) is 3.67. The number of halogens is 1. The molecule has 0 unspecified atom stereocenters. The average molecular weight is 450 g/mol. The molecule has 0 radical (unpaired) electrons. The van der Waals surface area contributed by atoms with Gasteiger partial charge in [0.25, 0.3) is 5.91 Å². The highest BCUT2D eigenvalue weighted by Crippen LogP contribution is 2.33. The molecule has 0 saturated heterocycles. The van der Waals surface area contributed by atoms with Crippen LogP contribution < -0.4 is 14.8 Å². The Labute approximate surface area is 193 Å². The van der Waals surface area contributed by atoms with Gasteiger partial charge in [0, 0.05) is 13.7 Å². The lowest BCUT2D eigenvalue weighted by molar-refractivity contribution is 0.0946. The van der Waals surface area contributed by atoms with E-state index in [1.165, 1.54) is 13.2 Å². The molecule has 1 N–H and O–H groups in total. The second kappa shape index (κ2) is 10.5. The first-order valence-electron chi connectivity index (χ1n) is 11.0. The summed E-state index contributed by atoms with van der Waals surface area (Å²) in [5.41, 5.74) is 4.03. The molecule has 1 amide bonds. The van der Waals surface area contributed by atoms with Crippen molar-refractivity contribution in [2.24, 2.45) is 5.92 Å². The molecule has 0 atom stereocenters. The Balaban J connectivity index is 1.58. The summed E-state index contributed by atoms with van der Waals surface area (Å²) in [6.07, 6.45) is 2.32. The van der Waals surface area contributed by atoms with Gasteiger partial charge in [0.2, 0.25) is 0 Å². The van der Waals surface area contributed by atoms with Crippen molar-refractivity contribution in [1.82, 2.24) is 5.32 Å². The molecule has 1 saturated carbocycles. The van der Waals surface area contributed by atoms with Crippen LogP contribution in [-0.2, 0) is 17.9 Å². The SMILES string of the molecule is COCc1ccccc1-c1ccc(OCC2CC2)c(C(=O)NCc2ccc(OC)c(F)c2)c1. The van der Waals surface area contributed by atoms with Crippen LogP contribution in [0.15, 0.2) is 60.7 Å². The average Bonchev–Trinajstić information content (AvgIpc) is 3.66. The first kappa shape index (κ1) is 22.8. The summed E-state index contributed by atoms with van der Waals surface area (Å²) in [5, 5.41) is 2.89. The third-order valence-corrected chi connectivity index (χ3v) is 5.69. The number of benzene rings is 3. The first-order chi connectivity index (χ1) is 16.1. The molecular formula is C27H28FNO4. The molecule has 1 aliphatic carbocycles. The maximum absolute atomic E-state index is 14.0. The number of carbonyl (C=O) groups excluding carboxylic acids is 1. The second-order valence-electron chi connectivity index (χ2n) is 8.21. The molecule has 0 bridgehead atoms. The van der Waals surface area contributed by atoms with Gasteiger partial charge >= 0.3 is 0 Å². The van der Waals surface area contributed by atoms with Crippen molar-refractivity contribution in [2.45, 2.75) is 26.0 Å². The van der Waals surface area contributed by atoms with Crippen molar-refractivity contribution in [2.75, 3.05) is 20.8 Å². The van der Waals surface area contributed by atoms with E-state index in [4.69, 9.17) is 14.2 Å². The Hall–Kier alpha value is -3.38. The van der Waals surface area contributed by atoms with Crippen LogP contribution in [0.4, 0.5) is 4.39 Å². The molecule has 33 heavy (non-hydrogen) atoms. The Morgan fingerprint density at radius 1 is 1.03 bits per heavy atom. The summed E-state index contributed by atoms with van der Waals surface area (Å²) in [6, 6.07) is 18.2. The second-order valence-corrected chi connectivity index (χ2v) is 8.21. The van der Waals surface area contributed by atoms with Crippen LogP contribution in [0.2, 0.25) is 0 Å². The van der Waals surface area contributed by atoms with Crippen molar-refractivity contribution in [1.29, 1.82) is 0 Å². The molecule has 0 spiro atoms. The highest BCUT2D eigenvalue weighted by atomic mass is 19.1. The van der Waals surface area contributed by atoms with Crippen LogP contribution in [0.3, 0.4) is 0 Å². The Kier molecular flexibility index (Phi) is 7.25. The van der Waals surface area contributed by atoms with Crippen LogP contribution in [0.25, 0.3) is 11.1 Å². The summed E-state index contributed by atoms with van der Waals surface area (Å²) in [7, 11) is 3.08. The van der Waals surface area contributed by atoms with Crippen LogP contribution in [0, 0.1) is 11.7 Å². The van der Waals surface area contributed by atoms with E-state index in [9.17, 15) is 9.18 Å². The van der Waals surface area contributed by atoms with Crippen molar-refractivity contribution in [3.8, 4) is 22.6 Å². The van der Waals surface area contributed by atoms with Gasteiger partial charge in [0.05, 0.1) is 25.9 Å². The lowest BCUT2D eigenvalue weighted by atomic mass is 9.97. The molecule has 0 aromatic heterocycles. The molecule has 4 rings (SSSR count). The number of hydrogen-bond acceptors (Lipinski definition) is 4. The number of ether oxygens (including phenoxy) is 3. The van der Waals surface area contributed by atoms with Gasteiger partial charge in [-0.15, -0.1) is 0 Å². The number of methoxy groups -OCH3 is 2. The zero-order valence-corrected chi connectivity index (χ0v) is 18.9. The molecule has 0 heterocycles. The maximum atomic E-state index is 14.0. The van der Waals surface area contributed by atoms with E-state index >= 15 is 0 Å². The quantitative estimate of drug-likeness (QED) is 0.452. The summed E-state index contributed by atoms with van der Waals surface area (Å²) >= 11 is 0. The number of rotatable bonds is 10. The van der Waals surface area contributed by atoms with Crippen molar-refractivity contribution in [3.05, 3.63) is 83.2 Å². The van der Waals surface area contributed by atoms with E-state index in [0.717, 1.165) is 29.5 Å². The minimum atomic E-state index is -0.463. The number of carbonyl (C=O) groups is 1. The van der Waals surface area contributed by atoms with Crippen LogP contribution >= 0.6 is 0 Å². The lowest BCUT2D eigenvalue weighted by Crippen LogP contribution is -2.24. The predicted molar refractivity (Wildman–Crippen MR) is 125 cm³/mol. The first-order valence-corrected chi connectivity index (χ1v) is 11.0. The number of nitrogens with one attached hydrogen (secondary N) is 1. The van der Waals surface area contributed by atoms with Crippen molar-refractivity contribution < 1.29 is 23.4 Å². The minimum absolute atomic E-state index is 0.170. The number of hydrogen-bond donors (Lipinski definition) is 1. The van der Waals surface area contributed by atoms with Gasteiger partial charge in [-0.25, -0.2) is 4.39 Å². The third kappa shape index (κ3) is 5.71. The summed E-state index contributed by atoms with van der Waals surface area (Å²) in [4.78, 5) is 13.2. The molecule has 3 aromatic carbocycles. The van der Waals surface area contributed by atoms with E-state index < -0.39 is 5.82 Å². The van der Waals surface area contributed by atoms with Gasteiger partial charge in [-0.1, -0.05) is 36.4 Å². The molecule has 0 aliphatic heterocycles. The molecule has 5 nitrogen and oxygen atoms in total. The van der Waals surface area contributed by atoms with E-state index in [-0.39, 0.29) is 18.2 Å². The largest absolute Gasteiger partial charge is 0.494 e. The Bertz CT molecular complexity index is 1130. The monoisotopic (exact) mass is 449 g/mol. The summed E-state index contributed by atoms with van der Waals surface area (Å²) in [5.74, 6) is 0.541. The van der Waals surface area contributed by atoms with Gasteiger partial charge in [-0.2, -0.15) is 0 Å².